The molecule has 1 aliphatic heterocycles. The second-order valence-corrected chi connectivity index (χ2v) is 3.67. The van der Waals surface area contributed by atoms with E-state index in [-0.39, 0.29) is 18.2 Å². The number of fused-ring (bicyclic) bond motifs is 1. The number of hydrogen-bond donors (Lipinski definition) is 0. The van der Waals surface area contributed by atoms with Gasteiger partial charge in [0.1, 0.15) is 5.76 Å². The second-order valence-electron chi connectivity index (χ2n) is 3.67. The van der Waals surface area contributed by atoms with Crippen LogP contribution in [0.4, 0.5) is 4.79 Å². The van der Waals surface area contributed by atoms with Gasteiger partial charge in [-0.2, -0.15) is 4.74 Å². The zero-order chi connectivity index (χ0) is 11.7. The molecule has 0 N–H and O–H groups in total. The monoisotopic (exact) mass is 226 g/mol. The van der Waals surface area contributed by atoms with Crippen molar-refractivity contribution in [1.29, 1.82) is 0 Å². The van der Waals surface area contributed by atoms with Crippen LogP contribution in [0.5, 0.6) is 0 Å². The van der Waals surface area contributed by atoms with Crippen LogP contribution in [-0.4, -0.2) is 28.9 Å². The van der Waals surface area contributed by atoms with E-state index in [2.05, 4.69) is 0 Å². The number of carbonyl (C=O) groups excluding carboxylic acids is 1. The number of carbonyl (C=O) groups is 1. The molecule has 0 aliphatic carbocycles. The lowest BCUT2D eigenvalue weighted by atomic mass is 10.1. The van der Waals surface area contributed by atoms with Gasteiger partial charge in [0.2, 0.25) is 0 Å². The molecule has 0 bridgehead atoms. The van der Waals surface area contributed by atoms with Gasteiger partial charge in [0, 0.05) is 20.0 Å². The maximum atomic E-state index is 11.6. The third-order valence-electron chi connectivity index (χ3n) is 2.61. The molecule has 0 saturated carbocycles. The van der Waals surface area contributed by atoms with E-state index in [1.807, 2.05) is 0 Å². The number of amides is 1. The van der Waals surface area contributed by atoms with Gasteiger partial charge >= 0.3 is 6.09 Å². The van der Waals surface area contributed by atoms with Crippen molar-refractivity contribution in [1.82, 2.24) is 9.64 Å². The summed E-state index contributed by atoms with van der Waals surface area (Å²) in [5.74, 6) is 0.674. The van der Waals surface area contributed by atoms with E-state index in [9.17, 15) is 9.59 Å². The molecule has 2 heterocycles. The molecular weight excluding hydrogens is 212 g/mol. The van der Waals surface area contributed by atoms with Crippen LogP contribution < -0.4 is 5.56 Å². The highest BCUT2D eigenvalue weighted by Gasteiger charge is 2.27. The minimum atomic E-state index is -0.378. The lowest BCUT2D eigenvalue weighted by Crippen LogP contribution is -2.37. The number of aryl methyl sites for hydroxylation is 1. The molecular formula is C10H14N2O4. The summed E-state index contributed by atoms with van der Waals surface area (Å²) in [5.41, 5.74) is 0.380. The van der Waals surface area contributed by atoms with Gasteiger partial charge in [-0.25, -0.2) is 4.79 Å². The summed E-state index contributed by atoms with van der Waals surface area (Å²) in [6.45, 7) is 2.89. The summed E-state index contributed by atoms with van der Waals surface area (Å²) in [7, 11) is 1.56. The Balaban J connectivity index is 2.20. The van der Waals surface area contributed by atoms with Crippen molar-refractivity contribution in [3.05, 3.63) is 21.7 Å². The van der Waals surface area contributed by atoms with Crippen molar-refractivity contribution < 1.29 is 14.1 Å². The number of aromatic nitrogens is 1. The summed E-state index contributed by atoms with van der Waals surface area (Å²) in [5, 5.41) is 0. The Bertz CT molecular complexity index is 460. The first kappa shape index (κ1) is 10.8. The van der Waals surface area contributed by atoms with Gasteiger partial charge in [-0.3, -0.25) is 4.79 Å². The van der Waals surface area contributed by atoms with Crippen molar-refractivity contribution in [3.8, 4) is 0 Å². The highest BCUT2D eigenvalue weighted by molar-refractivity contribution is 5.68. The molecule has 2 rings (SSSR count). The number of hydrogen-bond acceptors (Lipinski definition) is 4. The van der Waals surface area contributed by atoms with Crippen LogP contribution >= 0.6 is 0 Å². The first-order valence-electron chi connectivity index (χ1n) is 5.23. The molecule has 1 aliphatic rings. The standard InChI is InChI=1S/C10H14N2O4/c1-3-15-10(14)12-5-4-8-7(6-12)9(13)11(2)16-8/h3-6H2,1-2H3. The lowest BCUT2D eigenvalue weighted by Gasteiger charge is -2.24. The van der Waals surface area contributed by atoms with Crippen LogP contribution in [-0.2, 0) is 24.8 Å². The number of ether oxygens (including phenoxy) is 1. The van der Waals surface area contributed by atoms with E-state index in [1.165, 1.54) is 9.64 Å². The summed E-state index contributed by atoms with van der Waals surface area (Å²) >= 11 is 0. The van der Waals surface area contributed by atoms with Crippen LogP contribution in [0.2, 0.25) is 0 Å². The molecule has 6 nitrogen and oxygen atoms in total. The Hall–Kier alpha value is -1.72. The zero-order valence-corrected chi connectivity index (χ0v) is 9.36. The molecule has 0 atom stereocenters. The molecule has 0 fully saturated rings. The fourth-order valence-corrected chi connectivity index (χ4v) is 1.80. The van der Waals surface area contributed by atoms with Gasteiger partial charge in [0.15, 0.2) is 0 Å². The van der Waals surface area contributed by atoms with E-state index in [0.717, 1.165) is 0 Å². The van der Waals surface area contributed by atoms with Gasteiger partial charge in [-0.15, -0.1) is 0 Å². The van der Waals surface area contributed by atoms with Crippen molar-refractivity contribution in [2.24, 2.45) is 7.05 Å². The topological polar surface area (TPSA) is 64.7 Å². The molecule has 0 spiro atoms. The Labute approximate surface area is 92.4 Å². The molecule has 0 aromatic carbocycles. The maximum Gasteiger partial charge on any atom is 0.410 e. The Morgan fingerprint density at radius 2 is 2.31 bits per heavy atom. The molecule has 1 aromatic heterocycles. The quantitative estimate of drug-likeness (QED) is 0.699. The van der Waals surface area contributed by atoms with Gasteiger partial charge in [0.05, 0.1) is 18.7 Å². The van der Waals surface area contributed by atoms with Crippen LogP contribution in [0.1, 0.15) is 18.2 Å². The molecule has 0 unspecified atom stereocenters. The van der Waals surface area contributed by atoms with Crippen LogP contribution in [0.15, 0.2) is 9.32 Å². The molecule has 6 heteroatoms. The van der Waals surface area contributed by atoms with Crippen LogP contribution in [0.25, 0.3) is 0 Å². The Morgan fingerprint density at radius 3 is 3.00 bits per heavy atom. The molecule has 88 valence electrons. The predicted molar refractivity (Wildman–Crippen MR) is 55.1 cm³/mol. The minimum Gasteiger partial charge on any atom is -0.450 e. The van der Waals surface area contributed by atoms with Gasteiger partial charge in [-0.1, -0.05) is 0 Å². The molecule has 0 radical (unpaired) electrons. The molecule has 1 aromatic rings. The van der Waals surface area contributed by atoms with E-state index in [0.29, 0.717) is 30.9 Å². The minimum absolute atomic E-state index is 0.177. The predicted octanol–water partition coefficient (Wildman–Crippen LogP) is 0.493. The summed E-state index contributed by atoms with van der Waals surface area (Å²) in [6.07, 6.45) is 0.181. The average Bonchev–Trinajstić information content (AvgIpc) is 2.55. The van der Waals surface area contributed by atoms with Gasteiger partial charge in [0.25, 0.3) is 5.56 Å². The Morgan fingerprint density at radius 1 is 1.56 bits per heavy atom. The van der Waals surface area contributed by atoms with Gasteiger partial charge < -0.3 is 14.2 Å². The van der Waals surface area contributed by atoms with Crippen LogP contribution in [0, 0.1) is 0 Å². The van der Waals surface area contributed by atoms with E-state index in [4.69, 9.17) is 9.26 Å². The largest absolute Gasteiger partial charge is 0.450 e. The Kier molecular flexibility index (Phi) is 2.72. The van der Waals surface area contributed by atoms with Crippen molar-refractivity contribution >= 4 is 6.09 Å². The maximum absolute atomic E-state index is 11.6. The lowest BCUT2D eigenvalue weighted by molar-refractivity contribution is 0.101. The third kappa shape index (κ3) is 1.70. The number of rotatable bonds is 1. The molecule has 0 saturated heterocycles. The smallest absolute Gasteiger partial charge is 0.410 e. The second kappa shape index (κ2) is 4.03. The van der Waals surface area contributed by atoms with Crippen molar-refractivity contribution in [2.45, 2.75) is 19.9 Å². The fourth-order valence-electron chi connectivity index (χ4n) is 1.80. The zero-order valence-electron chi connectivity index (χ0n) is 9.36. The average molecular weight is 226 g/mol. The number of nitrogens with zero attached hydrogens (tertiary/aromatic N) is 2. The summed E-state index contributed by atoms with van der Waals surface area (Å²) in [4.78, 5) is 24.6. The van der Waals surface area contributed by atoms with Crippen molar-refractivity contribution in [3.63, 3.8) is 0 Å². The van der Waals surface area contributed by atoms with E-state index in [1.54, 1.807) is 14.0 Å². The van der Waals surface area contributed by atoms with E-state index >= 15 is 0 Å². The summed E-state index contributed by atoms with van der Waals surface area (Å²) < 4.78 is 11.3. The highest BCUT2D eigenvalue weighted by atomic mass is 16.6. The highest BCUT2D eigenvalue weighted by Crippen LogP contribution is 2.16. The normalized spacial score (nSPS) is 14.8. The molecule has 16 heavy (non-hydrogen) atoms. The first-order valence-corrected chi connectivity index (χ1v) is 5.23. The van der Waals surface area contributed by atoms with Crippen molar-refractivity contribution in [2.75, 3.05) is 13.2 Å². The molecule has 1 amide bonds. The third-order valence-corrected chi connectivity index (χ3v) is 2.61. The van der Waals surface area contributed by atoms with Gasteiger partial charge in [-0.05, 0) is 6.92 Å². The fraction of sp³-hybridized carbons (Fsp3) is 0.600. The SMILES string of the molecule is CCOC(=O)N1CCc2on(C)c(=O)c2C1. The summed E-state index contributed by atoms with van der Waals surface area (Å²) in [6, 6.07) is 0. The first-order chi connectivity index (χ1) is 7.63. The van der Waals surface area contributed by atoms with E-state index < -0.39 is 0 Å². The van der Waals surface area contributed by atoms with Crippen LogP contribution in [0.3, 0.4) is 0 Å².